The summed E-state index contributed by atoms with van der Waals surface area (Å²) in [5.74, 6) is -0.113. The Kier molecular flexibility index (Phi) is 11.9. The lowest BCUT2D eigenvalue weighted by Crippen LogP contribution is -2.46. The predicted octanol–water partition coefficient (Wildman–Crippen LogP) is 1.86. The SMILES string of the molecule is C=CCOC(=O)N[C@H](CC(C)C)C(=O)N/C=C/CCCNC(C)=O. The number of ether oxygens (including phenoxy) is 1. The van der Waals surface area contributed by atoms with Gasteiger partial charge in [0.1, 0.15) is 12.6 Å². The lowest BCUT2D eigenvalue weighted by molar-refractivity contribution is -0.122. The maximum atomic E-state index is 12.2. The Labute approximate surface area is 143 Å². The van der Waals surface area contributed by atoms with Crippen LogP contribution >= 0.6 is 0 Å². The molecule has 0 aromatic rings. The van der Waals surface area contributed by atoms with Crippen molar-refractivity contribution in [1.29, 1.82) is 0 Å². The molecule has 0 bridgehead atoms. The minimum absolute atomic E-state index is 0.0572. The first kappa shape index (κ1) is 21.7. The van der Waals surface area contributed by atoms with Crippen molar-refractivity contribution >= 4 is 17.9 Å². The van der Waals surface area contributed by atoms with Crippen LogP contribution in [0, 0.1) is 5.92 Å². The molecule has 0 aliphatic rings. The van der Waals surface area contributed by atoms with E-state index in [2.05, 4.69) is 22.5 Å². The molecule has 0 aliphatic heterocycles. The maximum Gasteiger partial charge on any atom is 0.408 e. The molecule has 7 heteroatoms. The van der Waals surface area contributed by atoms with Crippen molar-refractivity contribution in [3.63, 3.8) is 0 Å². The molecule has 0 aliphatic carbocycles. The average molecular weight is 339 g/mol. The molecule has 1 atom stereocenters. The Balaban J connectivity index is 4.26. The highest BCUT2D eigenvalue weighted by atomic mass is 16.5. The average Bonchev–Trinajstić information content (AvgIpc) is 2.50. The van der Waals surface area contributed by atoms with E-state index >= 15 is 0 Å². The van der Waals surface area contributed by atoms with Crippen LogP contribution in [0.3, 0.4) is 0 Å². The molecule has 0 saturated carbocycles. The van der Waals surface area contributed by atoms with Gasteiger partial charge in [-0.15, -0.1) is 0 Å². The predicted molar refractivity (Wildman–Crippen MR) is 93.1 cm³/mol. The highest BCUT2D eigenvalue weighted by molar-refractivity contribution is 5.86. The van der Waals surface area contributed by atoms with Gasteiger partial charge in [-0.05, 0) is 31.4 Å². The lowest BCUT2D eigenvalue weighted by atomic mass is 10.0. The molecule has 3 N–H and O–H groups in total. The van der Waals surface area contributed by atoms with E-state index < -0.39 is 12.1 Å². The number of carbonyl (C=O) groups is 3. The zero-order valence-corrected chi connectivity index (χ0v) is 14.8. The Bertz CT molecular complexity index is 447. The van der Waals surface area contributed by atoms with Gasteiger partial charge in [0.15, 0.2) is 0 Å². The number of hydrogen-bond acceptors (Lipinski definition) is 4. The van der Waals surface area contributed by atoms with Crippen LogP contribution in [0.2, 0.25) is 0 Å². The van der Waals surface area contributed by atoms with Gasteiger partial charge in [-0.2, -0.15) is 0 Å². The largest absolute Gasteiger partial charge is 0.445 e. The molecule has 0 radical (unpaired) electrons. The highest BCUT2D eigenvalue weighted by Gasteiger charge is 2.21. The summed E-state index contributed by atoms with van der Waals surface area (Å²) < 4.78 is 4.84. The fourth-order valence-electron chi connectivity index (χ4n) is 1.83. The highest BCUT2D eigenvalue weighted by Crippen LogP contribution is 2.05. The van der Waals surface area contributed by atoms with Crippen molar-refractivity contribution in [2.24, 2.45) is 5.92 Å². The Morgan fingerprint density at radius 2 is 1.96 bits per heavy atom. The second-order valence-corrected chi connectivity index (χ2v) is 5.75. The topological polar surface area (TPSA) is 96.5 Å². The van der Waals surface area contributed by atoms with Gasteiger partial charge >= 0.3 is 6.09 Å². The third-order valence-electron chi connectivity index (χ3n) is 2.91. The number of nitrogens with one attached hydrogen (secondary N) is 3. The van der Waals surface area contributed by atoms with E-state index in [4.69, 9.17) is 4.74 Å². The third-order valence-corrected chi connectivity index (χ3v) is 2.91. The normalized spacial score (nSPS) is 11.8. The number of hydrogen-bond donors (Lipinski definition) is 3. The monoisotopic (exact) mass is 339 g/mol. The number of carbonyl (C=O) groups excluding carboxylic acids is 3. The smallest absolute Gasteiger partial charge is 0.408 e. The summed E-state index contributed by atoms with van der Waals surface area (Å²) in [6.45, 7) is 9.55. The van der Waals surface area contributed by atoms with Crippen LogP contribution in [-0.2, 0) is 14.3 Å². The summed E-state index contributed by atoms with van der Waals surface area (Å²) in [6, 6.07) is -0.661. The van der Waals surface area contributed by atoms with Crippen molar-refractivity contribution in [3.8, 4) is 0 Å². The molecule has 3 amide bonds. The van der Waals surface area contributed by atoms with Crippen LogP contribution < -0.4 is 16.0 Å². The summed E-state index contributed by atoms with van der Waals surface area (Å²) in [7, 11) is 0. The van der Waals surface area contributed by atoms with Gasteiger partial charge in [0.2, 0.25) is 11.8 Å². The molecule has 0 aromatic carbocycles. The van der Waals surface area contributed by atoms with Crippen molar-refractivity contribution in [3.05, 3.63) is 24.9 Å². The molecular formula is C17H29N3O4. The Morgan fingerprint density at radius 3 is 2.54 bits per heavy atom. The van der Waals surface area contributed by atoms with Gasteiger partial charge in [-0.3, -0.25) is 9.59 Å². The van der Waals surface area contributed by atoms with Gasteiger partial charge in [0.05, 0.1) is 0 Å². The van der Waals surface area contributed by atoms with E-state index in [1.54, 1.807) is 6.20 Å². The standard InChI is InChI=1S/C17H29N3O4/c1-5-11-24-17(23)20-15(12-13(2)3)16(22)19-10-8-6-7-9-18-14(4)21/h5,8,10,13,15H,1,6-7,9,11-12H2,2-4H3,(H,18,21)(H,19,22)(H,20,23)/b10-8+/t15-/m1/s1. The maximum absolute atomic E-state index is 12.2. The summed E-state index contributed by atoms with van der Waals surface area (Å²) >= 11 is 0. The van der Waals surface area contributed by atoms with Crippen LogP contribution in [0.4, 0.5) is 4.79 Å². The zero-order valence-electron chi connectivity index (χ0n) is 14.8. The Morgan fingerprint density at radius 1 is 1.25 bits per heavy atom. The molecule has 0 saturated heterocycles. The van der Waals surface area contributed by atoms with E-state index in [0.29, 0.717) is 13.0 Å². The van der Waals surface area contributed by atoms with Crippen molar-refractivity contribution in [1.82, 2.24) is 16.0 Å². The van der Waals surface area contributed by atoms with E-state index in [9.17, 15) is 14.4 Å². The van der Waals surface area contributed by atoms with Crippen molar-refractivity contribution in [2.75, 3.05) is 13.2 Å². The van der Waals surface area contributed by atoms with E-state index in [1.165, 1.54) is 13.0 Å². The van der Waals surface area contributed by atoms with Gasteiger partial charge in [-0.1, -0.05) is 32.6 Å². The number of amides is 3. The molecule has 0 unspecified atom stereocenters. The first-order chi connectivity index (χ1) is 11.4. The Hall–Kier alpha value is -2.31. The first-order valence-electron chi connectivity index (χ1n) is 8.10. The van der Waals surface area contributed by atoms with Crippen LogP contribution in [0.15, 0.2) is 24.9 Å². The van der Waals surface area contributed by atoms with Crippen molar-refractivity contribution < 1.29 is 19.1 Å². The minimum Gasteiger partial charge on any atom is -0.445 e. The summed E-state index contributed by atoms with van der Waals surface area (Å²) in [6.07, 6.45) is 6.20. The molecule has 0 fully saturated rings. The van der Waals surface area contributed by atoms with E-state index in [0.717, 1.165) is 12.8 Å². The number of unbranched alkanes of at least 4 members (excludes halogenated alkanes) is 1. The summed E-state index contributed by atoms with van der Waals surface area (Å²) in [4.78, 5) is 34.4. The fraction of sp³-hybridized carbons (Fsp3) is 0.588. The van der Waals surface area contributed by atoms with E-state index in [-0.39, 0.29) is 24.3 Å². The fourth-order valence-corrected chi connectivity index (χ4v) is 1.83. The molecule has 7 nitrogen and oxygen atoms in total. The third kappa shape index (κ3) is 12.3. The molecule has 0 aromatic heterocycles. The molecule has 24 heavy (non-hydrogen) atoms. The number of rotatable bonds is 11. The molecular weight excluding hydrogens is 310 g/mol. The second-order valence-electron chi connectivity index (χ2n) is 5.75. The number of alkyl carbamates (subject to hydrolysis) is 1. The van der Waals surface area contributed by atoms with Gasteiger partial charge in [0.25, 0.3) is 0 Å². The minimum atomic E-state index is -0.661. The van der Waals surface area contributed by atoms with E-state index in [1.807, 2.05) is 19.9 Å². The molecule has 0 rings (SSSR count). The molecule has 0 spiro atoms. The van der Waals surface area contributed by atoms with Crippen LogP contribution in [0.1, 0.15) is 40.0 Å². The molecule has 136 valence electrons. The van der Waals surface area contributed by atoms with Gasteiger partial charge in [-0.25, -0.2) is 4.79 Å². The van der Waals surface area contributed by atoms with Crippen LogP contribution in [0.25, 0.3) is 0 Å². The van der Waals surface area contributed by atoms with Gasteiger partial charge < -0.3 is 20.7 Å². The molecule has 0 heterocycles. The van der Waals surface area contributed by atoms with Crippen molar-refractivity contribution in [2.45, 2.75) is 46.1 Å². The quantitative estimate of drug-likeness (QED) is 0.395. The van der Waals surface area contributed by atoms with Gasteiger partial charge in [0, 0.05) is 13.5 Å². The van der Waals surface area contributed by atoms with Crippen LogP contribution in [0.5, 0.6) is 0 Å². The summed E-state index contributed by atoms with van der Waals surface area (Å²) in [5.41, 5.74) is 0. The first-order valence-corrected chi connectivity index (χ1v) is 8.10. The summed E-state index contributed by atoms with van der Waals surface area (Å²) in [5, 5.41) is 7.90. The lowest BCUT2D eigenvalue weighted by Gasteiger charge is -2.18. The zero-order chi connectivity index (χ0) is 18.4. The second kappa shape index (κ2) is 13.2. The number of allylic oxidation sites excluding steroid dienone is 1. The van der Waals surface area contributed by atoms with Crippen LogP contribution in [-0.4, -0.2) is 37.1 Å².